The van der Waals surface area contributed by atoms with Crippen molar-refractivity contribution in [2.75, 3.05) is 45.2 Å². The van der Waals surface area contributed by atoms with Crippen LogP contribution in [0, 0.1) is 11.8 Å². The number of aliphatic hydroxyl groups excluding tert-OH is 4. The van der Waals surface area contributed by atoms with Crippen LogP contribution in [0.5, 0.6) is 5.75 Å². The van der Waals surface area contributed by atoms with Crippen LogP contribution < -0.4 is 9.64 Å². The molecule has 43 heavy (non-hydrogen) atoms. The number of carboxylic acids is 4. The number of aromatic nitrogens is 1. The van der Waals surface area contributed by atoms with E-state index >= 15 is 0 Å². The Bertz CT molecular complexity index is 1170. The smallest absolute Gasteiger partial charge is 0.335 e. The SMILES string of the molecule is COc1cccc(-c2ccc(N3C[C@H]4CN(C)C[C@H]4C3)cn2)c1.O=C(O)[C@H](O)[C@@H](O)C(=O)O.O=C(O)[C@H](O)[C@@H](O)C(=O)O. The molecule has 2 saturated heterocycles. The lowest BCUT2D eigenvalue weighted by molar-refractivity contribution is -0.165. The largest absolute Gasteiger partial charge is 0.497 e. The van der Waals surface area contributed by atoms with Crippen molar-refractivity contribution < 1.29 is 64.8 Å². The van der Waals surface area contributed by atoms with Crippen LogP contribution in [0.4, 0.5) is 5.69 Å². The third-order valence-electron chi connectivity index (χ3n) is 6.76. The van der Waals surface area contributed by atoms with Gasteiger partial charge in [0.2, 0.25) is 0 Å². The number of hydrogen-bond acceptors (Lipinski definition) is 12. The van der Waals surface area contributed by atoms with Crippen LogP contribution in [-0.2, 0) is 19.2 Å². The molecule has 1 aromatic carbocycles. The lowest BCUT2D eigenvalue weighted by atomic mass is 10.0. The van der Waals surface area contributed by atoms with E-state index in [2.05, 4.69) is 40.0 Å². The second kappa shape index (κ2) is 15.8. The molecule has 0 bridgehead atoms. The van der Waals surface area contributed by atoms with Crippen LogP contribution >= 0.6 is 0 Å². The van der Waals surface area contributed by atoms with Crippen LogP contribution in [0.3, 0.4) is 0 Å². The van der Waals surface area contributed by atoms with Crippen LogP contribution in [0.2, 0.25) is 0 Å². The highest BCUT2D eigenvalue weighted by molar-refractivity contribution is 5.83. The summed E-state index contributed by atoms with van der Waals surface area (Å²) in [6.07, 6.45) is -7.05. The molecule has 0 spiro atoms. The summed E-state index contributed by atoms with van der Waals surface area (Å²) < 4.78 is 5.29. The summed E-state index contributed by atoms with van der Waals surface area (Å²) in [5.41, 5.74) is 3.33. The number of nitrogens with zero attached hydrogens (tertiary/aromatic N) is 3. The highest BCUT2D eigenvalue weighted by Gasteiger charge is 2.38. The van der Waals surface area contributed by atoms with E-state index in [1.54, 1.807) is 7.11 Å². The molecule has 0 aliphatic carbocycles. The molecule has 2 aliphatic rings. The standard InChI is InChI=1S/C19H23N3O.2C4H6O6/c1-21-10-15-12-22(13-16(15)11-21)17-6-7-19(20-9-17)14-4-3-5-18(8-14)23-2;2*5-1(3(7)8)2(6)4(9)10/h3-9,15-16H,10-13H2,1-2H3;2*1-2,5-6H,(H,7,8)(H,9,10)/t15-,16+;2*1-,2-/m.11/s1. The topological polar surface area (TPSA) is 259 Å². The first-order chi connectivity index (χ1) is 20.2. The monoisotopic (exact) mass is 609 g/mol. The fourth-order valence-corrected chi connectivity index (χ4v) is 4.50. The van der Waals surface area contributed by atoms with E-state index in [0.29, 0.717) is 0 Å². The Balaban J connectivity index is 0.000000271. The number of fused-ring (bicyclic) bond motifs is 1. The van der Waals surface area contributed by atoms with E-state index in [1.165, 1.54) is 18.8 Å². The molecule has 0 amide bonds. The lowest BCUT2D eigenvalue weighted by Gasteiger charge is -2.21. The van der Waals surface area contributed by atoms with Gasteiger partial charge in [0.25, 0.3) is 0 Å². The van der Waals surface area contributed by atoms with Crippen molar-refractivity contribution in [2.24, 2.45) is 11.8 Å². The normalized spacial score (nSPS) is 20.2. The molecular formula is C27H35N3O13. The van der Waals surface area contributed by atoms with E-state index in [4.69, 9.17) is 45.6 Å². The summed E-state index contributed by atoms with van der Waals surface area (Å²) in [7, 11) is 3.92. The number of hydrogen-bond donors (Lipinski definition) is 8. The molecule has 0 unspecified atom stereocenters. The van der Waals surface area contributed by atoms with Gasteiger partial charge in [0.15, 0.2) is 24.4 Å². The number of carbonyl (C=O) groups is 4. The highest BCUT2D eigenvalue weighted by Crippen LogP contribution is 2.33. The predicted molar refractivity (Wildman–Crippen MR) is 147 cm³/mol. The van der Waals surface area contributed by atoms with Gasteiger partial charge in [-0.05, 0) is 43.1 Å². The van der Waals surface area contributed by atoms with E-state index in [-0.39, 0.29) is 0 Å². The maximum absolute atomic E-state index is 9.77. The zero-order valence-corrected chi connectivity index (χ0v) is 23.3. The molecule has 1 aromatic heterocycles. The van der Waals surface area contributed by atoms with Crippen molar-refractivity contribution in [3.63, 3.8) is 0 Å². The molecule has 4 rings (SSSR count). The van der Waals surface area contributed by atoms with Crippen molar-refractivity contribution in [3.8, 4) is 17.0 Å². The van der Waals surface area contributed by atoms with Crippen molar-refractivity contribution >= 4 is 29.6 Å². The molecule has 0 radical (unpaired) electrons. The lowest BCUT2D eigenvalue weighted by Crippen LogP contribution is -2.39. The van der Waals surface area contributed by atoms with Gasteiger partial charge in [-0.15, -0.1) is 0 Å². The van der Waals surface area contributed by atoms with Gasteiger partial charge in [0.1, 0.15) is 5.75 Å². The minimum absolute atomic E-state index is 0.818. The van der Waals surface area contributed by atoms with Gasteiger partial charge >= 0.3 is 23.9 Å². The summed E-state index contributed by atoms with van der Waals surface area (Å²) in [4.78, 5) is 48.7. The minimum Gasteiger partial charge on any atom is -0.497 e. The van der Waals surface area contributed by atoms with Crippen molar-refractivity contribution in [1.82, 2.24) is 9.88 Å². The number of pyridine rings is 1. The average molecular weight is 610 g/mol. The molecule has 2 aromatic rings. The molecule has 16 nitrogen and oxygen atoms in total. The predicted octanol–water partition coefficient (Wildman–Crippen LogP) is -1.49. The van der Waals surface area contributed by atoms with E-state index < -0.39 is 48.3 Å². The number of methoxy groups -OCH3 is 1. The molecule has 6 atom stereocenters. The molecular weight excluding hydrogens is 574 g/mol. The fraction of sp³-hybridized carbons (Fsp3) is 0.444. The Morgan fingerprint density at radius 1 is 0.767 bits per heavy atom. The number of likely N-dealkylation sites (tertiary alicyclic amines) is 1. The third-order valence-corrected chi connectivity index (χ3v) is 6.76. The number of carboxylic acid groups (broad SMARTS) is 4. The number of aliphatic hydroxyl groups is 4. The van der Waals surface area contributed by atoms with Gasteiger partial charge < -0.3 is 55.4 Å². The molecule has 3 heterocycles. The molecule has 16 heteroatoms. The first kappa shape index (κ1) is 34.8. The fourth-order valence-electron chi connectivity index (χ4n) is 4.50. The van der Waals surface area contributed by atoms with E-state index in [9.17, 15) is 19.2 Å². The second-order valence-electron chi connectivity index (χ2n) is 9.91. The van der Waals surface area contributed by atoms with Gasteiger partial charge in [-0.1, -0.05) is 12.1 Å². The maximum Gasteiger partial charge on any atom is 0.335 e. The Kier molecular flexibility index (Phi) is 12.8. The maximum atomic E-state index is 9.77. The molecule has 2 aliphatic heterocycles. The van der Waals surface area contributed by atoms with Gasteiger partial charge in [-0.25, -0.2) is 19.2 Å². The van der Waals surface area contributed by atoms with Crippen LogP contribution in [0.15, 0.2) is 42.6 Å². The molecule has 0 saturated carbocycles. The highest BCUT2D eigenvalue weighted by atomic mass is 16.5. The summed E-state index contributed by atoms with van der Waals surface area (Å²) >= 11 is 0. The zero-order valence-electron chi connectivity index (χ0n) is 23.3. The number of aliphatic carboxylic acids is 4. The Labute approximate surface area is 245 Å². The second-order valence-corrected chi connectivity index (χ2v) is 9.91. The Morgan fingerprint density at radius 3 is 1.60 bits per heavy atom. The zero-order chi connectivity index (χ0) is 32.4. The van der Waals surface area contributed by atoms with Gasteiger partial charge in [0, 0.05) is 31.7 Å². The van der Waals surface area contributed by atoms with Crippen molar-refractivity contribution in [3.05, 3.63) is 42.6 Å². The van der Waals surface area contributed by atoms with E-state index in [1.807, 2.05) is 24.4 Å². The number of benzene rings is 1. The number of ether oxygens (including phenoxy) is 1. The summed E-state index contributed by atoms with van der Waals surface area (Å²) in [5, 5.41) is 65.1. The molecule has 2 fully saturated rings. The summed E-state index contributed by atoms with van der Waals surface area (Å²) in [6, 6.07) is 12.4. The van der Waals surface area contributed by atoms with Crippen LogP contribution in [0.1, 0.15) is 0 Å². The van der Waals surface area contributed by atoms with Crippen molar-refractivity contribution in [1.29, 1.82) is 0 Å². The average Bonchev–Trinajstić information content (AvgIpc) is 3.53. The first-order valence-corrected chi connectivity index (χ1v) is 12.8. The molecule has 236 valence electrons. The van der Waals surface area contributed by atoms with Crippen LogP contribution in [0.25, 0.3) is 11.3 Å². The Morgan fingerprint density at radius 2 is 1.23 bits per heavy atom. The third kappa shape index (κ3) is 9.86. The van der Waals surface area contributed by atoms with Crippen LogP contribution in [-0.4, -0.2) is 139 Å². The number of rotatable bonds is 9. The van der Waals surface area contributed by atoms with E-state index in [0.717, 1.165) is 41.9 Å². The van der Waals surface area contributed by atoms with Gasteiger partial charge in [0.05, 0.1) is 24.7 Å². The van der Waals surface area contributed by atoms with Gasteiger partial charge in [-0.3, -0.25) is 4.98 Å². The summed E-state index contributed by atoms with van der Waals surface area (Å²) in [6.45, 7) is 4.79. The molecule has 8 N–H and O–H groups in total. The first-order valence-electron chi connectivity index (χ1n) is 12.8. The Hall–Kier alpha value is -4.35. The minimum atomic E-state index is -2.27. The summed E-state index contributed by atoms with van der Waals surface area (Å²) in [5.74, 6) is -4.57. The van der Waals surface area contributed by atoms with Gasteiger partial charge in [-0.2, -0.15) is 0 Å². The quantitative estimate of drug-likeness (QED) is 0.161. The van der Waals surface area contributed by atoms with Crippen molar-refractivity contribution in [2.45, 2.75) is 24.4 Å². The number of anilines is 1.